The first-order valence-corrected chi connectivity index (χ1v) is 6.83. The first-order valence-electron chi connectivity index (χ1n) is 6.83. The zero-order chi connectivity index (χ0) is 13.6. The first kappa shape index (κ1) is 13.3. The number of aromatic nitrogens is 2. The van der Waals surface area contributed by atoms with Crippen LogP contribution in [0.4, 0.5) is 5.69 Å². The highest BCUT2D eigenvalue weighted by Gasteiger charge is 2.29. The zero-order valence-electron chi connectivity index (χ0n) is 12.5. The summed E-state index contributed by atoms with van der Waals surface area (Å²) >= 11 is 0. The molecule has 0 aromatic carbocycles. The van der Waals surface area contributed by atoms with E-state index in [1.807, 2.05) is 6.20 Å². The highest BCUT2D eigenvalue weighted by atomic mass is 15.2. The molecule has 0 N–H and O–H groups in total. The Hall–Kier alpha value is -1.12. The molecule has 18 heavy (non-hydrogen) atoms. The lowest BCUT2D eigenvalue weighted by molar-refractivity contribution is 0.473. The smallest absolute Gasteiger partial charge is 0.134 e. The zero-order valence-corrected chi connectivity index (χ0v) is 12.5. The van der Waals surface area contributed by atoms with E-state index in [1.165, 1.54) is 17.8 Å². The first-order chi connectivity index (χ1) is 8.19. The Morgan fingerprint density at radius 1 is 1.11 bits per heavy atom. The number of nitrogens with zero attached hydrogens (tertiary/aromatic N) is 3. The van der Waals surface area contributed by atoms with Gasteiger partial charge in [-0.2, -0.15) is 0 Å². The molecule has 0 spiro atoms. The summed E-state index contributed by atoms with van der Waals surface area (Å²) in [6.07, 6.45) is 4.28. The molecule has 0 saturated carbocycles. The van der Waals surface area contributed by atoms with Gasteiger partial charge in [-0.05, 0) is 33.6 Å². The van der Waals surface area contributed by atoms with Crippen LogP contribution in [0.15, 0.2) is 6.20 Å². The Kier molecular flexibility index (Phi) is 3.12. The summed E-state index contributed by atoms with van der Waals surface area (Å²) in [6, 6.07) is 0. The molecule has 0 amide bonds. The molecular weight excluding hydrogens is 222 g/mol. The Labute approximate surface area is 111 Å². The van der Waals surface area contributed by atoms with Crippen LogP contribution in [0.3, 0.4) is 0 Å². The number of rotatable bonds is 0. The predicted molar refractivity (Wildman–Crippen MR) is 76.2 cm³/mol. The van der Waals surface area contributed by atoms with Gasteiger partial charge >= 0.3 is 0 Å². The number of hydrogen-bond donors (Lipinski definition) is 0. The van der Waals surface area contributed by atoms with E-state index in [9.17, 15) is 0 Å². The number of fused-ring (bicyclic) bond motifs is 1. The van der Waals surface area contributed by atoms with Gasteiger partial charge < -0.3 is 4.90 Å². The molecule has 2 rings (SSSR count). The van der Waals surface area contributed by atoms with Gasteiger partial charge in [-0.15, -0.1) is 0 Å². The third kappa shape index (κ3) is 2.50. The van der Waals surface area contributed by atoms with Gasteiger partial charge in [0.15, 0.2) is 0 Å². The van der Waals surface area contributed by atoms with E-state index in [0.29, 0.717) is 0 Å². The van der Waals surface area contributed by atoms with Crippen molar-refractivity contribution in [3.8, 4) is 0 Å². The maximum atomic E-state index is 4.80. The molecule has 0 fully saturated rings. The van der Waals surface area contributed by atoms with E-state index in [2.05, 4.69) is 51.4 Å². The average molecular weight is 247 g/mol. The molecule has 0 saturated heterocycles. The van der Waals surface area contributed by atoms with Gasteiger partial charge in [0, 0.05) is 17.5 Å². The van der Waals surface area contributed by atoms with Crippen LogP contribution in [-0.4, -0.2) is 22.1 Å². The fraction of sp³-hybridized carbons (Fsp3) is 0.733. The molecule has 0 aliphatic carbocycles. The molecule has 0 unspecified atom stereocenters. The lowest BCUT2D eigenvalue weighted by Gasteiger charge is -2.41. The van der Waals surface area contributed by atoms with Crippen LogP contribution in [0.1, 0.15) is 59.5 Å². The van der Waals surface area contributed by atoms with Gasteiger partial charge in [0.2, 0.25) is 0 Å². The fourth-order valence-electron chi connectivity index (χ4n) is 2.40. The van der Waals surface area contributed by atoms with Gasteiger partial charge in [-0.3, -0.25) is 0 Å². The maximum Gasteiger partial charge on any atom is 0.134 e. The third-order valence-electron chi connectivity index (χ3n) is 3.41. The normalized spacial score (nSPS) is 16.7. The molecule has 0 bridgehead atoms. The van der Waals surface area contributed by atoms with Crippen molar-refractivity contribution in [3.05, 3.63) is 17.7 Å². The molecule has 0 atom stereocenters. The summed E-state index contributed by atoms with van der Waals surface area (Å²) < 4.78 is 0. The van der Waals surface area contributed by atoms with Crippen molar-refractivity contribution in [2.45, 2.75) is 65.3 Å². The van der Waals surface area contributed by atoms with Crippen LogP contribution in [0.2, 0.25) is 0 Å². The summed E-state index contributed by atoms with van der Waals surface area (Å²) in [6.45, 7) is 14.4. The second-order valence-corrected chi connectivity index (χ2v) is 7.20. The van der Waals surface area contributed by atoms with Crippen LogP contribution < -0.4 is 4.90 Å². The van der Waals surface area contributed by atoms with Gasteiger partial charge in [0.05, 0.1) is 17.6 Å². The number of hydrogen-bond acceptors (Lipinski definition) is 3. The SMILES string of the molecule is CC(C)(C)c1ncc2c(n1)CCCN2C(C)(C)C. The minimum Gasteiger partial charge on any atom is -0.364 e. The quantitative estimate of drug-likeness (QED) is 0.704. The molecule has 3 nitrogen and oxygen atoms in total. The van der Waals surface area contributed by atoms with E-state index in [1.54, 1.807) is 0 Å². The van der Waals surface area contributed by atoms with Gasteiger partial charge in [0.25, 0.3) is 0 Å². The Morgan fingerprint density at radius 2 is 1.78 bits per heavy atom. The molecule has 100 valence electrons. The summed E-state index contributed by atoms with van der Waals surface area (Å²) in [7, 11) is 0. The highest BCUT2D eigenvalue weighted by molar-refractivity contribution is 5.53. The van der Waals surface area contributed by atoms with Gasteiger partial charge in [-0.25, -0.2) is 9.97 Å². The molecule has 1 aromatic rings. The van der Waals surface area contributed by atoms with E-state index < -0.39 is 0 Å². The minimum absolute atomic E-state index is 0.0268. The highest BCUT2D eigenvalue weighted by Crippen LogP contribution is 2.32. The molecule has 1 aliphatic rings. The molecule has 2 heterocycles. The lowest BCUT2D eigenvalue weighted by atomic mass is 9.94. The molecule has 0 radical (unpaired) electrons. The standard InChI is InChI=1S/C15H25N3/c1-14(2,3)13-16-10-12-11(17-13)8-7-9-18(12)15(4,5)6/h10H,7-9H2,1-6H3. The number of anilines is 1. The number of aryl methyl sites for hydroxylation is 1. The minimum atomic E-state index is 0.0268. The van der Waals surface area contributed by atoms with Crippen LogP contribution in [-0.2, 0) is 11.8 Å². The van der Waals surface area contributed by atoms with Gasteiger partial charge in [0.1, 0.15) is 5.82 Å². The monoisotopic (exact) mass is 247 g/mol. The van der Waals surface area contributed by atoms with Crippen LogP contribution >= 0.6 is 0 Å². The van der Waals surface area contributed by atoms with Crippen molar-refractivity contribution in [1.29, 1.82) is 0 Å². The Balaban J connectivity index is 2.43. The molecule has 1 aliphatic heterocycles. The van der Waals surface area contributed by atoms with Gasteiger partial charge in [-0.1, -0.05) is 20.8 Å². The maximum absolute atomic E-state index is 4.80. The summed E-state index contributed by atoms with van der Waals surface area (Å²) in [5.74, 6) is 0.956. The fourth-order valence-corrected chi connectivity index (χ4v) is 2.40. The van der Waals surface area contributed by atoms with Crippen molar-refractivity contribution >= 4 is 5.69 Å². The second kappa shape index (κ2) is 4.22. The Bertz CT molecular complexity index is 438. The summed E-state index contributed by atoms with van der Waals surface area (Å²) in [5.41, 5.74) is 2.61. The largest absolute Gasteiger partial charge is 0.364 e. The molecule has 1 aromatic heterocycles. The van der Waals surface area contributed by atoms with Crippen molar-refractivity contribution in [2.24, 2.45) is 0 Å². The van der Waals surface area contributed by atoms with Crippen molar-refractivity contribution in [1.82, 2.24) is 9.97 Å². The average Bonchev–Trinajstić information content (AvgIpc) is 2.25. The van der Waals surface area contributed by atoms with Crippen molar-refractivity contribution in [3.63, 3.8) is 0 Å². The molecular formula is C15H25N3. The summed E-state index contributed by atoms with van der Waals surface area (Å²) in [4.78, 5) is 11.8. The van der Waals surface area contributed by atoms with Crippen molar-refractivity contribution < 1.29 is 0 Å². The van der Waals surface area contributed by atoms with Crippen molar-refractivity contribution in [2.75, 3.05) is 11.4 Å². The lowest BCUT2D eigenvalue weighted by Crippen LogP contribution is -2.45. The van der Waals surface area contributed by atoms with Crippen LogP contribution in [0.5, 0.6) is 0 Å². The topological polar surface area (TPSA) is 29.0 Å². The second-order valence-electron chi connectivity index (χ2n) is 7.20. The van der Waals surface area contributed by atoms with E-state index in [0.717, 1.165) is 18.8 Å². The Morgan fingerprint density at radius 3 is 2.33 bits per heavy atom. The summed E-state index contributed by atoms with van der Waals surface area (Å²) in [5, 5.41) is 0. The predicted octanol–water partition coefficient (Wildman–Crippen LogP) is 3.33. The van der Waals surface area contributed by atoms with E-state index >= 15 is 0 Å². The van der Waals surface area contributed by atoms with Crippen LogP contribution in [0.25, 0.3) is 0 Å². The third-order valence-corrected chi connectivity index (χ3v) is 3.41. The van der Waals surface area contributed by atoms with Crippen LogP contribution in [0, 0.1) is 0 Å². The molecule has 3 heteroatoms. The van der Waals surface area contributed by atoms with E-state index in [4.69, 9.17) is 4.98 Å². The van der Waals surface area contributed by atoms with E-state index in [-0.39, 0.29) is 11.0 Å².